The van der Waals surface area contributed by atoms with Crippen molar-refractivity contribution in [1.29, 1.82) is 0 Å². The van der Waals surface area contributed by atoms with Crippen LogP contribution < -0.4 is 10.6 Å². The molecule has 0 saturated carbocycles. The highest BCUT2D eigenvalue weighted by Gasteiger charge is 2.00. The fourth-order valence-electron chi connectivity index (χ4n) is 1.71. The summed E-state index contributed by atoms with van der Waals surface area (Å²) in [5.41, 5.74) is 2.84. The summed E-state index contributed by atoms with van der Waals surface area (Å²) in [6.07, 6.45) is 4.05. The summed E-state index contributed by atoms with van der Waals surface area (Å²) in [5, 5.41) is 6.15. The summed E-state index contributed by atoms with van der Waals surface area (Å²) in [6.45, 7) is 2.51. The van der Waals surface area contributed by atoms with Gasteiger partial charge in [0.05, 0.1) is 0 Å². The number of hydrogen-bond acceptors (Lipinski definition) is 3. The van der Waals surface area contributed by atoms with Crippen molar-refractivity contribution < 1.29 is 4.79 Å². The van der Waals surface area contributed by atoms with Crippen LogP contribution in [0.3, 0.4) is 0 Å². The number of anilines is 2. The zero-order valence-corrected chi connectivity index (χ0v) is 12.8. The van der Waals surface area contributed by atoms with Gasteiger partial charge in [-0.1, -0.05) is 13.0 Å². The molecule has 0 aliphatic rings. The van der Waals surface area contributed by atoms with E-state index in [1.54, 1.807) is 6.20 Å². The molecule has 0 spiro atoms. The van der Waals surface area contributed by atoms with E-state index in [1.807, 2.05) is 43.5 Å². The van der Waals surface area contributed by atoms with Crippen molar-refractivity contribution in [3.05, 3.63) is 52.8 Å². The summed E-state index contributed by atoms with van der Waals surface area (Å²) < 4.78 is 0.959. The number of carbonyl (C=O) groups excluding carboxylic acids is 1. The number of rotatable bonds is 5. The maximum Gasteiger partial charge on any atom is 0.224 e. The van der Waals surface area contributed by atoms with Crippen LogP contribution in [0.1, 0.15) is 18.9 Å². The molecular formula is C15H16BrN3O. The Morgan fingerprint density at radius 2 is 2.05 bits per heavy atom. The lowest BCUT2D eigenvalue weighted by Gasteiger charge is -2.09. The Kier molecular flexibility index (Phi) is 5.12. The molecule has 104 valence electrons. The summed E-state index contributed by atoms with van der Waals surface area (Å²) in [7, 11) is 0. The fourth-order valence-corrected chi connectivity index (χ4v) is 2.13. The normalized spacial score (nSPS) is 10.1. The lowest BCUT2D eigenvalue weighted by molar-refractivity contribution is -0.115. The lowest BCUT2D eigenvalue weighted by atomic mass is 10.2. The SMILES string of the molecule is CCC(=O)Nc1cccc(NCc2cncc(Br)c2)c1. The van der Waals surface area contributed by atoms with Gasteiger partial charge < -0.3 is 10.6 Å². The van der Waals surface area contributed by atoms with Crippen molar-refractivity contribution in [2.24, 2.45) is 0 Å². The van der Waals surface area contributed by atoms with E-state index < -0.39 is 0 Å². The summed E-state index contributed by atoms with van der Waals surface area (Å²) in [6, 6.07) is 9.68. The molecule has 1 aromatic carbocycles. The van der Waals surface area contributed by atoms with Gasteiger partial charge in [-0.15, -0.1) is 0 Å². The number of nitrogens with zero attached hydrogens (tertiary/aromatic N) is 1. The van der Waals surface area contributed by atoms with E-state index in [0.29, 0.717) is 13.0 Å². The summed E-state index contributed by atoms with van der Waals surface area (Å²) in [5.74, 6) is 0.0124. The average Bonchev–Trinajstić information content (AvgIpc) is 2.45. The van der Waals surface area contributed by atoms with E-state index in [1.165, 1.54) is 0 Å². The predicted octanol–water partition coefficient (Wildman–Crippen LogP) is 3.80. The smallest absolute Gasteiger partial charge is 0.224 e. The Bertz CT molecular complexity index is 601. The van der Waals surface area contributed by atoms with Gasteiger partial charge in [0.1, 0.15) is 0 Å². The van der Waals surface area contributed by atoms with Crippen LogP contribution in [0.2, 0.25) is 0 Å². The molecule has 0 aliphatic carbocycles. The molecule has 1 aromatic heterocycles. The maximum absolute atomic E-state index is 11.4. The van der Waals surface area contributed by atoms with Gasteiger partial charge in [0.2, 0.25) is 5.91 Å². The molecule has 1 heterocycles. The third-order valence-corrected chi connectivity index (χ3v) is 3.16. The molecule has 0 unspecified atom stereocenters. The van der Waals surface area contributed by atoms with Crippen LogP contribution >= 0.6 is 15.9 Å². The van der Waals surface area contributed by atoms with Gasteiger partial charge in [-0.25, -0.2) is 0 Å². The lowest BCUT2D eigenvalue weighted by Crippen LogP contribution is -2.09. The highest BCUT2D eigenvalue weighted by Crippen LogP contribution is 2.17. The molecule has 4 nitrogen and oxygen atoms in total. The van der Waals surface area contributed by atoms with E-state index in [4.69, 9.17) is 0 Å². The average molecular weight is 334 g/mol. The van der Waals surface area contributed by atoms with Gasteiger partial charge in [-0.05, 0) is 45.8 Å². The van der Waals surface area contributed by atoms with Gasteiger partial charge in [0.25, 0.3) is 0 Å². The van der Waals surface area contributed by atoms with Gasteiger partial charge in [0, 0.05) is 41.2 Å². The second-order valence-corrected chi connectivity index (χ2v) is 5.26. The Labute approximate surface area is 126 Å². The first-order valence-corrected chi connectivity index (χ1v) is 7.20. The number of amides is 1. The standard InChI is InChI=1S/C15H16BrN3O/c1-2-15(20)19-14-5-3-4-13(7-14)18-9-11-6-12(16)10-17-8-11/h3-8,10,18H,2,9H2,1H3,(H,19,20). The van der Waals surface area contributed by atoms with Crippen LogP contribution in [0.15, 0.2) is 47.2 Å². The number of nitrogens with one attached hydrogen (secondary N) is 2. The fraction of sp³-hybridized carbons (Fsp3) is 0.200. The topological polar surface area (TPSA) is 54.0 Å². The van der Waals surface area contributed by atoms with Crippen molar-refractivity contribution in [2.75, 3.05) is 10.6 Å². The first-order valence-electron chi connectivity index (χ1n) is 6.40. The van der Waals surface area contributed by atoms with Gasteiger partial charge in [-0.3, -0.25) is 9.78 Å². The number of benzene rings is 1. The quantitative estimate of drug-likeness (QED) is 0.874. The number of aromatic nitrogens is 1. The van der Waals surface area contributed by atoms with Crippen molar-refractivity contribution >= 4 is 33.2 Å². The summed E-state index contributed by atoms with van der Waals surface area (Å²) in [4.78, 5) is 15.5. The van der Waals surface area contributed by atoms with Crippen molar-refractivity contribution in [2.45, 2.75) is 19.9 Å². The number of halogens is 1. The van der Waals surface area contributed by atoms with Gasteiger partial charge >= 0.3 is 0 Å². The molecule has 2 N–H and O–H groups in total. The molecule has 2 aromatic rings. The van der Waals surface area contributed by atoms with Crippen LogP contribution in [0.5, 0.6) is 0 Å². The molecule has 1 amide bonds. The Balaban J connectivity index is 1.99. The molecule has 0 bridgehead atoms. The van der Waals surface area contributed by atoms with Crippen LogP contribution in [0.4, 0.5) is 11.4 Å². The molecular weight excluding hydrogens is 318 g/mol. The second-order valence-electron chi connectivity index (χ2n) is 4.35. The number of hydrogen-bond donors (Lipinski definition) is 2. The molecule has 0 saturated heterocycles. The monoisotopic (exact) mass is 333 g/mol. The minimum atomic E-state index is 0.0124. The van der Waals surface area contributed by atoms with Crippen LogP contribution in [0.25, 0.3) is 0 Å². The van der Waals surface area contributed by atoms with E-state index >= 15 is 0 Å². The molecule has 0 fully saturated rings. The molecule has 5 heteroatoms. The molecule has 2 rings (SSSR count). The molecule has 0 radical (unpaired) electrons. The van der Waals surface area contributed by atoms with E-state index in [0.717, 1.165) is 21.4 Å². The second kappa shape index (κ2) is 7.05. The Morgan fingerprint density at radius 3 is 2.80 bits per heavy atom. The molecule has 0 atom stereocenters. The van der Waals surface area contributed by atoms with Crippen molar-refractivity contribution in [3.8, 4) is 0 Å². The maximum atomic E-state index is 11.4. The van der Waals surface area contributed by atoms with Crippen LogP contribution in [-0.4, -0.2) is 10.9 Å². The third-order valence-electron chi connectivity index (χ3n) is 2.73. The van der Waals surface area contributed by atoms with Crippen LogP contribution in [-0.2, 0) is 11.3 Å². The Hall–Kier alpha value is -1.88. The molecule has 20 heavy (non-hydrogen) atoms. The van der Waals surface area contributed by atoms with Crippen molar-refractivity contribution in [1.82, 2.24) is 4.98 Å². The first kappa shape index (κ1) is 14.5. The van der Waals surface area contributed by atoms with Crippen molar-refractivity contribution in [3.63, 3.8) is 0 Å². The minimum absolute atomic E-state index is 0.0124. The van der Waals surface area contributed by atoms with E-state index in [-0.39, 0.29) is 5.91 Å². The minimum Gasteiger partial charge on any atom is -0.381 e. The zero-order chi connectivity index (χ0) is 14.4. The molecule has 0 aliphatic heterocycles. The largest absolute Gasteiger partial charge is 0.381 e. The predicted molar refractivity (Wildman–Crippen MR) is 84.6 cm³/mol. The van der Waals surface area contributed by atoms with E-state index in [2.05, 4.69) is 31.5 Å². The van der Waals surface area contributed by atoms with Crippen LogP contribution in [0, 0.1) is 0 Å². The van der Waals surface area contributed by atoms with Gasteiger partial charge in [-0.2, -0.15) is 0 Å². The van der Waals surface area contributed by atoms with Gasteiger partial charge in [0.15, 0.2) is 0 Å². The van der Waals surface area contributed by atoms with E-state index in [9.17, 15) is 4.79 Å². The number of carbonyl (C=O) groups is 1. The third kappa shape index (κ3) is 4.35. The highest BCUT2D eigenvalue weighted by atomic mass is 79.9. The summed E-state index contributed by atoms with van der Waals surface area (Å²) >= 11 is 3.40. The first-order chi connectivity index (χ1) is 9.67. The number of pyridine rings is 1. The highest BCUT2D eigenvalue weighted by molar-refractivity contribution is 9.10. The Morgan fingerprint density at radius 1 is 1.25 bits per heavy atom. The zero-order valence-electron chi connectivity index (χ0n) is 11.2.